The highest BCUT2D eigenvalue weighted by molar-refractivity contribution is 5.89. The molecule has 0 bridgehead atoms. The highest BCUT2D eigenvalue weighted by atomic mass is 16.7. The van der Waals surface area contributed by atoms with E-state index >= 15 is 0 Å². The summed E-state index contributed by atoms with van der Waals surface area (Å²) >= 11 is 0. The van der Waals surface area contributed by atoms with Crippen LogP contribution in [0.3, 0.4) is 0 Å². The van der Waals surface area contributed by atoms with Crippen LogP contribution < -0.4 is 0 Å². The number of carbonyl (C=O) groups is 1. The summed E-state index contributed by atoms with van der Waals surface area (Å²) in [6, 6.07) is 0. The number of hydrogen-bond acceptors (Lipinski definition) is 5. The maximum absolute atomic E-state index is 11.7. The Morgan fingerprint density at radius 2 is 2.41 bits per heavy atom. The molecule has 2 heterocycles. The van der Waals surface area contributed by atoms with Gasteiger partial charge in [-0.05, 0) is 12.3 Å². The van der Waals surface area contributed by atoms with Crippen molar-refractivity contribution in [1.82, 2.24) is 0 Å². The number of esters is 1. The van der Waals surface area contributed by atoms with Gasteiger partial charge in [-0.25, -0.2) is 4.79 Å². The van der Waals surface area contributed by atoms with E-state index in [1.165, 1.54) is 13.4 Å². The van der Waals surface area contributed by atoms with E-state index in [1.54, 1.807) is 0 Å². The van der Waals surface area contributed by atoms with Crippen LogP contribution in [0.15, 0.2) is 11.8 Å². The van der Waals surface area contributed by atoms with E-state index in [0.717, 1.165) is 6.42 Å². The molecule has 1 N–H and O–H groups in total. The number of methoxy groups -OCH3 is 1. The molecule has 5 nitrogen and oxygen atoms in total. The van der Waals surface area contributed by atoms with Crippen LogP contribution in [0.5, 0.6) is 0 Å². The summed E-state index contributed by atoms with van der Waals surface area (Å²) in [7, 11) is 1.35. The molecule has 2 fully saturated rings. The van der Waals surface area contributed by atoms with Crippen molar-refractivity contribution in [2.45, 2.75) is 25.2 Å². The van der Waals surface area contributed by atoms with Crippen molar-refractivity contribution < 1.29 is 24.1 Å². The van der Waals surface area contributed by atoms with Crippen LogP contribution in [0.2, 0.25) is 0 Å². The van der Waals surface area contributed by atoms with Gasteiger partial charge in [-0.2, -0.15) is 0 Å². The van der Waals surface area contributed by atoms with Gasteiger partial charge in [-0.1, -0.05) is 6.92 Å². The second kappa shape index (κ2) is 3.46. The first kappa shape index (κ1) is 11.0. The Kier molecular flexibility index (Phi) is 2.25. The average Bonchev–Trinajstić information content (AvgIpc) is 2.80. The molecule has 17 heavy (non-hydrogen) atoms. The first-order chi connectivity index (χ1) is 8.08. The fourth-order valence-electron chi connectivity index (χ4n) is 3.38. The molecular weight excluding hydrogens is 224 g/mol. The van der Waals surface area contributed by atoms with Crippen LogP contribution in [-0.4, -0.2) is 36.7 Å². The van der Waals surface area contributed by atoms with Gasteiger partial charge < -0.3 is 19.3 Å². The van der Waals surface area contributed by atoms with Crippen molar-refractivity contribution in [2.75, 3.05) is 13.7 Å². The molecule has 0 radical (unpaired) electrons. The molecule has 0 aromatic heterocycles. The summed E-state index contributed by atoms with van der Waals surface area (Å²) in [6.45, 7) is 2.27. The summed E-state index contributed by atoms with van der Waals surface area (Å²) < 4.78 is 15.6. The second-order valence-corrected chi connectivity index (χ2v) is 5.14. The lowest BCUT2D eigenvalue weighted by atomic mass is 9.81. The molecule has 1 aliphatic carbocycles. The van der Waals surface area contributed by atoms with Crippen LogP contribution in [0.4, 0.5) is 0 Å². The standard InChI is InChI=1S/C12H16O5/c1-6-3-7-8(10(13)15-2)4-16-11-9(7)12(6,14)5-17-11/h4,6-7,9,11,14H,3,5H2,1-2H3/t6-,7-,9-,11-,12+/m1/s1. The van der Waals surface area contributed by atoms with E-state index in [-0.39, 0.29) is 30.3 Å². The second-order valence-electron chi connectivity index (χ2n) is 5.14. The van der Waals surface area contributed by atoms with Crippen molar-refractivity contribution in [2.24, 2.45) is 17.8 Å². The largest absolute Gasteiger partial charge is 0.472 e. The fraction of sp³-hybridized carbons (Fsp3) is 0.750. The Labute approximate surface area is 99.3 Å². The molecular formula is C12H16O5. The molecule has 5 heteroatoms. The third-order valence-electron chi connectivity index (χ3n) is 4.39. The van der Waals surface area contributed by atoms with Crippen molar-refractivity contribution >= 4 is 5.97 Å². The SMILES string of the molecule is COC(=O)C1=CO[C@@H]2OC[C@@]3(O)[C@@H]2[C@@H]1C[C@H]3C. The summed E-state index contributed by atoms with van der Waals surface area (Å²) in [4.78, 5) is 11.7. The van der Waals surface area contributed by atoms with Gasteiger partial charge in [-0.3, -0.25) is 0 Å². The number of carbonyl (C=O) groups excluding carboxylic acids is 1. The molecule has 2 aliphatic heterocycles. The van der Waals surface area contributed by atoms with Crippen molar-refractivity contribution in [3.05, 3.63) is 11.8 Å². The Morgan fingerprint density at radius 1 is 1.65 bits per heavy atom. The fourth-order valence-corrected chi connectivity index (χ4v) is 3.38. The Hall–Kier alpha value is -1.07. The lowest BCUT2D eigenvalue weighted by molar-refractivity contribution is -0.142. The predicted molar refractivity (Wildman–Crippen MR) is 56.6 cm³/mol. The van der Waals surface area contributed by atoms with Gasteiger partial charge in [0.05, 0.1) is 31.5 Å². The zero-order valence-corrected chi connectivity index (χ0v) is 9.88. The molecule has 5 atom stereocenters. The van der Waals surface area contributed by atoms with Crippen molar-refractivity contribution in [1.29, 1.82) is 0 Å². The first-order valence-electron chi connectivity index (χ1n) is 5.85. The van der Waals surface area contributed by atoms with E-state index in [1.807, 2.05) is 6.92 Å². The molecule has 94 valence electrons. The minimum absolute atomic E-state index is 0.0244. The minimum Gasteiger partial charge on any atom is -0.472 e. The molecule has 0 spiro atoms. The minimum atomic E-state index is -0.872. The molecule has 3 aliphatic rings. The molecule has 1 saturated heterocycles. The predicted octanol–water partition coefficient (Wildman–Crippen LogP) is 0.433. The number of rotatable bonds is 1. The molecule has 0 unspecified atom stereocenters. The Morgan fingerprint density at radius 3 is 3.12 bits per heavy atom. The van der Waals surface area contributed by atoms with Crippen LogP contribution in [-0.2, 0) is 19.0 Å². The summed E-state index contributed by atoms with van der Waals surface area (Å²) in [5.41, 5.74) is -0.356. The number of hydrogen-bond donors (Lipinski definition) is 1. The lowest BCUT2D eigenvalue weighted by Gasteiger charge is -2.31. The van der Waals surface area contributed by atoms with E-state index in [9.17, 15) is 9.90 Å². The summed E-state index contributed by atoms with van der Waals surface area (Å²) in [5.74, 6) is -0.464. The van der Waals surface area contributed by atoms with Crippen LogP contribution >= 0.6 is 0 Å². The van der Waals surface area contributed by atoms with E-state index in [2.05, 4.69) is 0 Å². The molecule has 3 rings (SSSR count). The van der Waals surface area contributed by atoms with Gasteiger partial charge in [0.25, 0.3) is 0 Å². The highest BCUT2D eigenvalue weighted by Gasteiger charge is 2.63. The highest BCUT2D eigenvalue weighted by Crippen LogP contribution is 2.55. The van der Waals surface area contributed by atoms with Crippen LogP contribution in [0.1, 0.15) is 13.3 Å². The maximum Gasteiger partial charge on any atom is 0.337 e. The molecule has 0 aromatic rings. The van der Waals surface area contributed by atoms with Gasteiger partial charge in [-0.15, -0.1) is 0 Å². The maximum atomic E-state index is 11.7. The van der Waals surface area contributed by atoms with Gasteiger partial charge in [0.15, 0.2) is 0 Å². The van der Waals surface area contributed by atoms with Gasteiger partial charge in [0.1, 0.15) is 5.60 Å². The van der Waals surface area contributed by atoms with Crippen LogP contribution in [0.25, 0.3) is 0 Å². The normalized spacial score (nSPS) is 47.1. The summed E-state index contributed by atoms with van der Waals surface area (Å²) in [5, 5.41) is 10.6. The number of ether oxygens (including phenoxy) is 3. The van der Waals surface area contributed by atoms with Gasteiger partial charge >= 0.3 is 5.97 Å². The van der Waals surface area contributed by atoms with Crippen molar-refractivity contribution in [3.63, 3.8) is 0 Å². The van der Waals surface area contributed by atoms with E-state index in [4.69, 9.17) is 14.2 Å². The third kappa shape index (κ3) is 1.29. The van der Waals surface area contributed by atoms with E-state index in [0.29, 0.717) is 5.57 Å². The molecule has 0 aromatic carbocycles. The molecule has 1 saturated carbocycles. The Bertz CT molecular complexity index is 390. The zero-order valence-electron chi connectivity index (χ0n) is 9.88. The lowest BCUT2D eigenvalue weighted by Crippen LogP contribution is -2.43. The third-order valence-corrected chi connectivity index (χ3v) is 4.39. The topological polar surface area (TPSA) is 65.0 Å². The summed E-state index contributed by atoms with van der Waals surface area (Å²) in [6.07, 6.45) is 1.77. The van der Waals surface area contributed by atoms with Crippen molar-refractivity contribution in [3.8, 4) is 0 Å². The first-order valence-corrected chi connectivity index (χ1v) is 5.85. The van der Waals surface area contributed by atoms with E-state index < -0.39 is 11.9 Å². The number of aliphatic hydroxyl groups is 1. The van der Waals surface area contributed by atoms with Crippen LogP contribution in [0, 0.1) is 17.8 Å². The smallest absolute Gasteiger partial charge is 0.337 e. The van der Waals surface area contributed by atoms with Gasteiger partial charge in [0, 0.05) is 5.92 Å². The molecule has 0 amide bonds. The zero-order chi connectivity index (χ0) is 12.2. The van der Waals surface area contributed by atoms with Gasteiger partial charge in [0.2, 0.25) is 6.29 Å². The quantitative estimate of drug-likeness (QED) is 0.673. The Balaban J connectivity index is 1.98. The average molecular weight is 240 g/mol. The monoisotopic (exact) mass is 240 g/mol.